The predicted molar refractivity (Wildman–Crippen MR) is 118 cm³/mol. The van der Waals surface area contributed by atoms with Gasteiger partial charge in [-0.25, -0.2) is 0 Å². The molecule has 2 aliphatic heterocycles. The number of alkyl halides is 1. The maximum absolute atomic E-state index is 15.8. The molecule has 2 aromatic rings. The van der Waals surface area contributed by atoms with E-state index in [-0.39, 0.29) is 24.9 Å². The number of nitrogens with zero attached hydrogens (tertiary/aromatic N) is 1. The molecule has 0 radical (unpaired) electrons. The van der Waals surface area contributed by atoms with Crippen molar-refractivity contribution in [2.24, 2.45) is 0 Å². The van der Waals surface area contributed by atoms with Gasteiger partial charge in [0.25, 0.3) is 0 Å². The molecule has 0 unspecified atom stereocenters. The summed E-state index contributed by atoms with van der Waals surface area (Å²) >= 11 is 0. The predicted octanol–water partition coefficient (Wildman–Crippen LogP) is 1.76. The van der Waals surface area contributed by atoms with Crippen LogP contribution in [0.5, 0.6) is 0 Å². The number of rotatable bonds is 6. The zero-order chi connectivity index (χ0) is 24.7. The van der Waals surface area contributed by atoms with Crippen molar-refractivity contribution in [3.05, 3.63) is 68.5 Å². The van der Waals surface area contributed by atoms with E-state index in [0.717, 1.165) is 23.8 Å². The Kier molecular flexibility index (Phi) is 6.74. The molecule has 2 aliphatic rings. The van der Waals surface area contributed by atoms with Crippen LogP contribution in [0.4, 0.5) is 4.39 Å². The van der Waals surface area contributed by atoms with Gasteiger partial charge in [-0.2, -0.15) is 0 Å². The molecule has 0 bridgehead atoms. The second-order valence-corrected chi connectivity index (χ2v) is 10.3. The molecular formula is C21H26FN2O9P. The van der Waals surface area contributed by atoms with Crippen molar-refractivity contribution in [2.75, 3.05) is 6.61 Å². The van der Waals surface area contributed by atoms with E-state index in [2.05, 4.69) is 0 Å². The fourth-order valence-electron chi connectivity index (χ4n) is 3.89. The van der Waals surface area contributed by atoms with Crippen molar-refractivity contribution >= 4 is 14.1 Å². The standard InChI is InChI=1S/C21H26FN2O9P/c1-12(2)31-18(26)14-7-5-4-6-13(14)10-29-34(28)30-11-15-17(33-34)21(3,22)19(32-15)24-9-8-16(25)23-20(24)27/h4-9,12,15,17,19,28,34H,10-11H2,1-3H3,(H,23,25,27)/t15-,17-,19-,21-/m1/s1. The molecular weight excluding hydrogens is 474 g/mol. The minimum absolute atomic E-state index is 0.250. The van der Waals surface area contributed by atoms with Crippen LogP contribution in [0.1, 0.15) is 42.9 Å². The van der Waals surface area contributed by atoms with Gasteiger partial charge in [-0.15, -0.1) is 0 Å². The summed E-state index contributed by atoms with van der Waals surface area (Å²) in [5.74, 6) is -0.553. The first-order valence-electron chi connectivity index (χ1n) is 10.6. The summed E-state index contributed by atoms with van der Waals surface area (Å²) in [6.07, 6.45) is -2.89. The second-order valence-electron chi connectivity index (χ2n) is 8.47. The van der Waals surface area contributed by atoms with Crippen LogP contribution in [0.25, 0.3) is 0 Å². The third-order valence-corrected chi connectivity index (χ3v) is 7.07. The van der Waals surface area contributed by atoms with Crippen molar-refractivity contribution in [3.8, 4) is 0 Å². The summed E-state index contributed by atoms with van der Waals surface area (Å²) in [5, 5.41) is 0. The normalized spacial score (nSPS) is 28.9. The quantitative estimate of drug-likeness (QED) is 0.449. The number of hydrogen-bond donors (Lipinski definition) is 2. The molecule has 34 heavy (non-hydrogen) atoms. The molecule has 13 heteroatoms. The molecule has 0 amide bonds. The number of benzene rings is 1. The molecule has 0 saturated carbocycles. The number of fused-ring (bicyclic) bond motifs is 1. The first kappa shape index (κ1) is 24.6. The molecule has 2 fully saturated rings. The SMILES string of the molecule is CC(C)OC(=O)c1ccccc1CO[PH]1(O)OC[C@H]2O[C@@H](n3ccc(=O)[nH]c3=O)[C@](C)(F)[C@@H]2O1. The molecule has 1 aromatic carbocycles. The summed E-state index contributed by atoms with van der Waals surface area (Å²) < 4.78 is 44.1. The van der Waals surface area contributed by atoms with Crippen LogP contribution in [-0.4, -0.2) is 51.0 Å². The van der Waals surface area contributed by atoms with E-state index in [0.29, 0.717) is 5.56 Å². The molecule has 186 valence electrons. The summed E-state index contributed by atoms with van der Waals surface area (Å²) in [7, 11) is -4.35. The number of nitrogens with one attached hydrogen (secondary N) is 1. The Hall–Kier alpha value is -2.47. The Balaban J connectivity index is 1.50. The Morgan fingerprint density at radius 3 is 2.79 bits per heavy atom. The first-order chi connectivity index (χ1) is 16.0. The zero-order valence-corrected chi connectivity index (χ0v) is 19.7. The molecule has 4 rings (SSSR count). The summed E-state index contributed by atoms with van der Waals surface area (Å²) in [6.45, 7) is 4.10. The first-order valence-corrected chi connectivity index (χ1v) is 12.3. The number of carbonyl (C=O) groups is 1. The van der Waals surface area contributed by atoms with Crippen LogP contribution in [0.2, 0.25) is 0 Å². The number of ether oxygens (including phenoxy) is 2. The Bertz CT molecular complexity index is 1180. The van der Waals surface area contributed by atoms with Crippen molar-refractivity contribution in [1.82, 2.24) is 9.55 Å². The monoisotopic (exact) mass is 500 g/mol. The number of hydrogen-bond acceptors (Lipinski definition) is 9. The summed E-state index contributed by atoms with van der Waals surface area (Å²) in [6, 6.07) is 7.59. The average molecular weight is 500 g/mol. The number of aromatic amines is 1. The van der Waals surface area contributed by atoms with Gasteiger partial charge >= 0.3 is 194 Å². The van der Waals surface area contributed by atoms with Crippen LogP contribution < -0.4 is 11.2 Å². The topological polar surface area (TPSA) is 138 Å². The van der Waals surface area contributed by atoms with Crippen LogP contribution >= 0.6 is 8.17 Å². The van der Waals surface area contributed by atoms with Crippen molar-refractivity contribution in [3.63, 3.8) is 0 Å². The molecule has 0 spiro atoms. The molecule has 0 aliphatic carbocycles. The van der Waals surface area contributed by atoms with E-state index < -0.39 is 49.5 Å². The zero-order valence-electron chi connectivity index (χ0n) is 18.7. The van der Waals surface area contributed by atoms with Crippen LogP contribution in [0, 0.1) is 0 Å². The number of aromatic nitrogens is 2. The van der Waals surface area contributed by atoms with Crippen LogP contribution in [-0.2, 0) is 29.7 Å². The van der Waals surface area contributed by atoms with Gasteiger partial charge < -0.3 is 0 Å². The molecule has 1 aromatic heterocycles. The van der Waals surface area contributed by atoms with Crippen molar-refractivity contribution in [1.29, 1.82) is 0 Å². The Morgan fingerprint density at radius 1 is 1.35 bits per heavy atom. The number of H-pyrrole nitrogens is 1. The molecule has 2 N–H and O–H groups in total. The minimum atomic E-state index is -4.35. The van der Waals surface area contributed by atoms with Crippen LogP contribution in [0.15, 0.2) is 46.1 Å². The summed E-state index contributed by atoms with van der Waals surface area (Å²) in [4.78, 5) is 48.7. The Morgan fingerprint density at radius 2 is 2.09 bits per heavy atom. The molecule has 4 atom stereocenters. The van der Waals surface area contributed by atoms with E-state index in [1.54, 1.807) is 38.1 Å². The van der Waals surface area contributed by atoms with E-state index in [9.17, 15) is 19.3 Å². The van der Waals surface area contributed by atoms with Crippen LogP contribution in [0.3, 0.4) is 0 Å². The van der Waals surface area contributed by atoms with Gasteiger partial charge in [0.2, 0.25) is 0 Å². The van der Waals surface area contributed by atoms with E-state index in [1.807, 2.05) is 4.98 Å². The number of carbonyl (C=O) groups excluding carboxylic acids is 1. The van der Waals surface area contributed by atoms with Gasteiger partial charge in [-0.3, -0.25) is 0 Å². The third-order valence-electron chi connectivity index (χ3n) is 5.48. The molecule has 2 saturated heterocycles. The van der Waals surface area contributed by atoms with Gasteiger partial charge in [0.15, 0.2) is 0 Å². The molecule has 3 heterocycles. The van der Waals surface area contributed by atoms with Gasteiger partial charge in [0.1, 0.15) is 0 Å². The van der Waals surface area contributed by atoms with Crippen molar-refractivity contribution < 1.29 is 37.1 Å². The average Bonchev–Trinajstić information content (AvgIpc) is 3.02. The van der Waals surface area contributed by atoms with Gasteiger partial charge in [0, 0.05) is 0 Å². The van der Waals surface area contributed by atoms with Gasteiger partial charge in [0.05, 0.1) is 0 Å². The second kappa shape index (κ2) is 9.29. The van der Waals surface area contributed by atoms with E-state index in [1.165, 1.54) is 0 Å². The van der Waals surface area contributed by atoms with E-state index >= 15 is 4.39 Å². The van der Waals surface area contributed by atoms with Gasteiger partial charge in [-0.05, 0) is 0 Å². The fraction of sp³-hybridized carbons (Fsp3) is 0.476. The van der Waals surface area contributed by atoms with E-state index in [4.69, 9.17) is 23.0 Å². The number of esters is 1. The Labute approximate surface area is 194 Å². The van der Waals surface area contributed by atoms with Crippen molar-refractivity contribution in [2.45, 2.75) is 57.6 Å². The number of halogens is 1. The third kappa shape index (κ3) is 4.83. The summed E-state index contributed by atoms with van der Waals surface area (Å²) in [5.41, 5.74) is -3.09. The van der Waals surface area contributed by atoms with Gasteiger partial charge in [-0.1, -0.05) is 0 Å². The molecule has 11 nitrogen and oxygen atoms in total. The maximum atomic E-state index is 15.8. The fourth-order valence-corrected chi connectivity index (χ4v) is 5.53.